The van der Waals surface area contributed by atoms with Gasteiger partial charge in [0, 0.05) is 40.0 Å². The highest BCUT2D eigenvalue weighted by Gasteiger charge is 2.33. The van der Waals surface area contributed by atoms with Crippen LogP contribution in [0.3, 0.4) is 0 Å². The van der Waals surface area contributed by atoms with Gasteiger partial charge in [-0.25, -0.2) is 4.98 Å². The Morgan fingerprint density at radius 3 is 2.87 bits per heavy atom. The number of nitrogens with zero attached hydrogens (tertiary/aromatic N) is 3. The monoisotopic (exact) mass is 449 g/mol. The fourth-order valence-electron chi connectivity index (χ4n) is 3.23. The molecule has 0 aliphatic carbocycles. The lowest BCUT2D eigenvalue weighted by Gasteiger charge is -2.23. The maximum absolute atomic E-state index is 13.3. The van der Waals surface area contributed by atoms with E-state index >= 15 is 0 Å². The van der Waals surface area contributed by atoms with Crippen LogP contribution in [0.25, 0.3) is 10.6 Å². The van der Waals surface area contributed by atoms with Crippen LogP contribution >= 0.6 is 23.1 Å². The van der Waals surface area contributed by atoms with Gasteiger partial charge < -0.3 is 4.90 Å². The summed E-state index contributed by atoms with van der Waals surface area (Å²) in [6, 6.07) is 7.33. The molecule has 156 valence electrons. The average molecular weight is 450 g/mol. The van der Waals surface area contributed by atoms with Crippen molar-refractivity contribution in [3.63, 3.8) is 0 Å². The van der Waals surface area contributed by atoms with Crippen LogP contribution in [0.4, 0.5) is 18.9 Å². The normalized spacial score (nSPS) is 16.8. The van der Waals surface area contributed by atoms with Gasteiger partial charge in [-0.1, -0.05) is 6.92 Å². The van der Waals surface area contributed by atoms with Crippen LogP contribution in [0.15, 0.2) is 53.0 Å². The maximum atomic E-state index is 13.3. The smallest absolute Gasteiger partial charge is 0.311 e. The van der Waals surface area contributed by atoms with E-state index in [9.17, 15) is 18.0 Å². The summed E-state index contributed by atoms with van der Waals surface area (Å²) in [7, 11) is 0. The third-order valence-corrected chi connectivity index (χ3v) is 6.94. The Morgan fingerprint density at radius 2 is 2.13 bits per heavy atom. The minimum atomic E-state index is -4.46. The Morgan fingerprint density at radius 1 is 1.30 bits per heavy atom. The molecule has 1 atom stereocenters. The topological polar surface area (TPSA) is 46.1 Å². The lowest BCUT2D eigenvalue weighted by Crippen LogP contribution is -2.33. The Kier molecular flexibility index (Phi) is 5.84. The summed E-state index contributed by atoms with van der Waals surface area (Å²) >= 11 is 2.91. The van der Waals surface area contributed by atoms with Gasteiger partial charge in [0.25, 0.3) is 0 Å². The van der Waals surface area contributed by atoms with Gasteiger partial charge in [-0.05, 0) is 36.8 Å². The number of hydrogen-bond donors (Lipinski definition) is 0. The maximum Gasteiger partial charge on any atom is 0.416 e. The SMILES string of the molecule is C[C@H]1CCN(C(=O)Cc2csc(-c3cccnc3)n2)c2cc(C(F)(F)F)ccc2S1. The zero-order valence-electron chi connectivity index (χ0n) is 16.0. The minimum Gasteiger partial charge on any atom is -0.311 e. The zero-order chi connectivity index (χ0) is 21.3. The molecule has 30 heavy (non-hydrogen) atoms. The van der Waals surface area contributed by atoms with Crippen LogP contribution in [-0.2, 0) is 17.4 Å². The number of anilines is 1. The Balaban J connectivity index is 1.61. The lowest BCUT2D eigenvalue weighted by molar-refractivity contribution is -0.137. The van der Waals surface area contributed by atoms with Crippen LogP contribution in [0, 0.1) is 0 Å². The molecule has 0 fully saturated rings. The first-order chi connectivity index (χ1) is 14.3. The van der Waals surface area contributed by atoms with Gasteiger partial charge in [-0.2, -0.15) is 13.2 Å². The second-order valence-corrected chi connectivity index (χ2v) is 9.34. The predicted octanol–water partition coefficient (Wildman–Crippen LogP) is 5.68. The Hall–Kier alpha value is -2.39. The molecular weight excluding hydrogens is 431 g/mol. The third-order valence-electron chi connectivity index (χ3n) is 4.76. The van der Waals surface area contributed by atoms with Crippen molar-refractivity contribution in [1.29, 1.82) is 0 Å². The molecule has 0 unspecified atom stereocenters. The van der Waals surface area contributed by atoms with E-state index in [4.69, 9.17) is 0 Å². The number of hydrogen-bond acceptors (Lipinski definition) is 5. The van der Waals surface area contributed by atoms with Crippen molar-refractivity contribution >= 4 is 34.7 Å². The van der Waals surface area contributed by atoms with E-state index in [0.29, 0.717) is 29.2 Å². The zero-order valence-corrected chi connectivity index (χ0v) is 17.7. The van der Waals surface area contributed by atoms with Crippen LogP contribution in [-0.4, -0.2) is 27.7 Å². The number of carbonyl (C=O) groups is 1. The quantitative estimate of drug-likeness (QED) is 0.516. The van der Waals surface area contributed by atoms with Gasteiger partial charge in [0.2, 0.25) is 5.91 Å². The first kappa shape index (κ1) is 20.9. The molecule has 1 aliphatic rings. The van der Waals surface area contributed by atoms with E-state index in [1.54, 1.807) is 12.4 Å². The molecule has 1 aliphatic heterocycles. The van der Waals surface area contributed by atoms with Gasteiger partial charge in [-0.3, -0.25) is 9.78 Å². The minimum absolute atomic E-state index is 0.0332. The summed E-state index contributed by atoms with van der Waals surface area (Å²) in [6.45, 7) is 2.39. The highest BCUT2D eigenvalue weighted by atomic mass is 32.2. The number of rotatable bonds is 3. The van der Waals surface area contributed by atoms with Gasteiger partial charge in [-0.15, -0.1) is 23.1 Å². The molecule has 4 nitrogen and oxygen atoms in total. The highest BCUT2D eigenvalue weighted by molar-refractivity contribution is 8.00. The van der Waals surface area contributed by atoms with E-state index in [0.717, 1.165) is 22.7 Å². The van der Waals surface area contributed by atoms with E-state index in [2.05, 4.69) is 9.97 Å². The molecule has 0 spiro atoms. The number of halogens is 3. The van der Waals surface area contributed by atoms with E-state index in [1.807, 2.05) is 24.4 Å². The third kappa shape index (κ3) is 4.52. The molecule has 0 radical (unpaired) electrons. The molecule has 0 N–H and O–H groups in total. The summed E-state index contributed by atoms with van der Waals surface area (Å²) in [5.74, 6) is -0.256. The first-order valence-corrected chi connectivity index (χ1v) is 11.1. The molecule has 0 bridgehead atoms. The summed E-state index contributed by atoms with van der Waals surface area (Å²) in [4.78, 5) is 23.8. The van der Waals surface area contributed by atoms with Crippen LogP contribution in [0.2, 0.25) is 0 Å². The Bertz CT molecular complexity index is 1050. The number of aromatic nitrogens is 2. The number of thioether (sulfide) groups is 1. The lowest BCUT2D eigenvalue weighted by atomic mass is 10.1. The highest BCUT2D eigenvalue weighted by Crippen LogP contribution is 2.41. The number of fused-ring (bicyclic) bond motifs is 1. The molecule has 3 heterocycles. The molecule has 9 heteroatoms. The largest absolute Gasteiger partial charge is 0.416 e. The van der Waals surface area contributed by atoms with Crippen molar-refractivity contribution in [2.45, 2.75) is 36.1 Å². The van der Waals surface area contributed by atoms with Crippen molar-refractivity contribution in [3.8, 4) is 10.6 Å². The summed E-state index contributed by atoms with van der Waals surface area (Å²) in [6.07, 6.45) is -0.352. The molecule has 0 saturated heterocycles. The second-order valence-electron chi connectivity index (χ2n) is 7.01. The summed E-state index contributed by atoms with van der Waals surface area (Å²) in [5, 5.41) is 2.77. The number of thiazole rings is 1. The van der Waals surface area contributed by atoms with E-state index in [-0.39, 0.29) is 17.6 Å². The second kappa shape index (κ2) is 8.39. The summed E-state index contributed by atoms with van der Waals surface area (Å²) < 4.78 is 39.8. The van der Waals surface area contributed by atoms with Gasteiger partial charge in [0.15, 0.2) is 0 Å². The molecule has 2 aromatic heterocycles. The Labute approximate surface area is 180 Å². The molecule has 4 rings (SSSR count). The number of pyridine rings is 1. The fourth-order valence-corrected chi connectivity index (χ4v) is 5.13. The molecule has 1 aromatic carbocycles. The standard InChI is InChI=1S/C21H18F3N3OS2/c1-13-6-8-27(17-9-15(21(22,23)24)4-5-18(17)30-13)19(28)10-16-12-29-20(26-16)14-3-2-7-25-11-14/h2-5,7,9,11-13H,6,8,10H2,1H3/t13-/m0/s1. The van der Waals surface area contributed by atoms with E-state index in [1.165, 1.54) is 34.1 Å². The van der Waals surface area contributed by atoms with E-state index < -0.39 is 11.7 Å². The van der Waals surface area contributed by atoms with Crippen LogP contribution in [0.1, 0.15) is 24.6 Å². The molecule has 1 amide bonds. The number of carbonyl (C=O) groups excluding carboxylic acids is 1. The van der Waals surface area contributed by atoms with Gasteiger partial charge >= 0.3 is 6.18 Å². The number of alkyl halides is 3. The van der Waals surface area contributed by atoms with Crippen molar-refractivity contribution in [3.05, 3.63) is 59.4 Å². The molecule has 0 saturated carbocycles. The van der Waals surface area contributed by atoms with Crippen LogP contribution < -0.4 is 4.90 Å². The van der Waals surface area contributed by atoms with Crippen molar-refractivity contribution in [2.24, 2.45) is 0 Å². The average Bonchev–Trinajstić information content (AvgIpc) is 3.10. The fraction of sp³-hybridized carbons (Fsp3) is 0.286. The molecule has 3 aromatic rings. The van der Waals surface area contributed by atoms with Crippen molar-refractivity contribution in [1.82, 2.24) is 9.97 Å². The van der Waals surface area contributed by atoms with Crippen molar-refractivity contribution < 1.29 is 18.0 Å². The van der Waals surface area contributed by atoms with Crippen molar-refractivity contribution in [2.75, 3.05) is 11.4 Å². The van der Waals surface area contributed by atoms with Crippen LogP contribution in [0.5, 0.6) is 0 Å². The number of benzene rings is 1. The first-order valence-electron chi connectivity index (χ1n) is 9.34. The van der Waals surface area contributed by atoms with Gasteiger partial charge in [0.05, 0.1) is 23.4 Å². The molecular formula is C21H18F3N3OS2. The predicted molar refractivity (Wildman–Crippen MR) is 113 cm³/mol. The van der Waals surface area contributed by atoms with Gasteiger partial charge in [0.1, 0.15) is 5.01 Å². The number of amides is 1. The summed E-state index contributed by atoms with van der Waals surface area (Å²) in [5.41, 5.74) is 1.04.